The zero-order valence-corrected chi connectivity index (χ0v) is 14.1. The van der Waals surface area contributed by atoms with Gasteiger partial charge in [-0.1, -0.05) is 30.0 Å². The fourth-order valence-electron chi connectivity index (χ4n) is 3.12. The molecule has 134 valence electrons. The van der Waals surface area contributed by atoms with E-state index in [2.05, 4.69) is 4.99 Å². The summed E-state index contributed by atoms with van der Waals surface area (Å²) < 4.78 is 39.9. The summed E-state index contributed by atoms with van der Waals surface area (Å²) in [7, 11) is 0. The molecule has 4 rings (SSSR count). The van der Waals surface area contributed by atoms with Gasteiger partial charge in [0.25, 0.3) is 5.69 Å². The molecule has 0 spiro atoms. The van der Waals surface area contributed by atoms with E-state index in [0.717, 1.165) is 28.3 Å². The van der Waals surface area contributed by atoms with Crippen LogP contribution in [-0.2, 0) is 6.18 Å². The minimum atomic E-state index is -4.67. The van der Waals surface area contributed by atoms with Crippen LogP contribution in [0.25, 0.3) is 0 Å². The van der Waals surface area contributed by atoms with Crippen LogP contribution >= 0.6 is 11.8 Å². The highest BCUT2D eigenvalue weighted by Crippen LogP contribution is 2.49. The first-order chi connectivity index (χ1) is 12.4. The molecule has 0 radical (unpaired) electrons. The van der Waals surface area contributed by atoms with E-state index in [9.17, 15) is 23.3 Å². The molecule has 0 aliphatic carbocycles. The third-order valence-electron chi connectivity index (χ3n) is 4.26. The van der Waals surface area contributed by atoms with Crippen molar-refractivity contribution in [1.82, 2.24) is 0 Å². The van der Waals surface area contributed by atoms with E-state index in [4.69, 9.17) is 0 Å². The quantitative estimate of drug-likeness (QED) is 0.531. The van der Waals surface area contributed by atoms with Crippen LogP contribution in [0.2, 0.25) is 0 Å². The number of nitro benzene ring substituents is 1. The Kier molecular flexibility index (Phi) is 3.91. The molecule has 0 amide bonds. The van der Waals surface area contributed by atoms with Crippen molar-refractivity contribution < 1.29 is 18.1 Å². The van der Waals surface area contributed by atoms with E-state index in [0.29, 0.717) is 31.4 Å². The molecule has 0 aromatic heterocycles. The van der Waals surface area contributed by atoms with Crippen molar-refractivity contribution in [3.63, 3.8) is 0 Å². The number of benzene rings is 2. The van der Waals surface area contributed by atoms with Crippen LogP contribution in [0.3, 0.4) is 0 Å². The van der Waals surface area contributed by atoms with Gasteiger partial charge in [0.15, 0.2) is 0 Å². The molecule has 0 saturated heterocycles. The molecule has 26 heavy (non-hydrogen) atoms. The molecular formula is C17H12F3N3O2S. The van der Waals surface area contributed by atoms with Gasteiger partial charge in [-0.15, -0.1) is 0 Å². The first kappa shape index (κ1) is 16.9. The van der Waals surface area contributed by atoms with Crippen LogP contribution in [0.15, 0.2) is 51.2 Å². The first-order valence-corrected chi connectivity index (χ1v) is 8.67. The fraction of sp³-hybridized carbons (Fsp3) is 0.235. The largest absolute Gasteiger partial charge is 0.416 e. The molecule has 2 aliphatic heterocycles. The SMILES string of the molecule is O=[N+]([O-])c1cc(C(F)(F)F)cc2c1Sc1ccccc1C1=NCCCN12. The number of nitrogens with zero attached hydrogens (tertiary/aromatic N) is 3. The summed E-state index contributed by atoms with van der Waals surface area (Å²) in [6.07, 6.45) is -4.00. The van der Waals surface area contributed by atoms with Crippen LogP contribution in [-0.4, -0.2) is 23.8 Å². The number of alkyl halides is 3. The van der Waals surface area contributed by atoms with E-state index in [1.54, 1.807) is 17.0 Å². The van der Waals surface area contributed by atoms with Crippen molar-refractivity contribution in [2.45, 2.75) is 22.4 Å². The van der Waals surface area contributed by atoms with Crippen LogP contribution in [0, 0.1) is 10.1 Å². The summed E-state index contributed by atoms with van der Waals surface area (Å²) in [6.45, 7) is 1.03. The zero-order valence-electron chi connectivity index (χ0n) is 13.3. The van der Waals surface area contributed by atoms with Crippen molar-refractivity contribution in [2.75, 3.05) is 18.0 Å². The maximum atomic E-state index is 13.3. The summed E-state index contributed by atoms with van der Waals surface area (Å²) in [5.74, 6) is 0.562. The minimum absolute atomic E-state index is 0.186. The highest BCUT2D eigenvalue weighted by Gasteiger charge is 2.38. The lowest BCUT2D eigenvalue weighted by Gasteiger charge is -2.29. The van der Waals surface area contributed by atoms with Gasteiger partial charge in [-0.25, -0.2) is 0 Å². The predicted molar refractivity (Wildman–Crippen MR) is 92.0 cm³/mol. The molecule has 2 heterocycles. The van der Waals surface area contributed by atoms with Crippen molar-refractivity contribution in [3.8, 4) is 0 Å². The van der Waals surface area contributed by atoms with E-state index in [1.165, 1.54) is 0 Å². The molecule has 5 nitrogen and oxygen atoms in total. The van der Waals surface area contributed by atoms with Crippen LogP contribution in [0.1, 0.15) is 17.5 Å². The number of fused-ring (bicyclic) bond motifs is 5. The van der Waals surface area contributed by atoms with Crippen molar-refractivity contribution >= 4 is 29.0 Å². The van der Waals surface area contributed by atoms with Gasteiger partial charge in [0.05, 0.1) is 16.2 Å². The number of anilines is 1. The summed E-state index contributed by atoms with van der Waals surface area (Å²) in [5.41, 5.74) is -0.608. The standard InChI is InChI=1S/C17H12F3N3O2S/c18-17(19,20)10-8-12-15(13(9-10)23(24)25)26-14-5-2-1-4-11(14)16-21-6-3-7-22(12)16/h1-2,4-5,8-9H,3,6-7H2. The Hall–Kier alpha value is -2.55. The Balaban J connectivity index is 2.03. The summed E-state index contributed by atoms with van der Waals surface area (Å²) in [6, 6.07) is 8.84. The molecule has 0 atom stereocenters. The third-order valence-corrected chi connectivity index (χ3v) is 5.46. The number of hydrogen-bond acceptors (Lipinski definition) is 5. The van der Waals surface area contributed by atoms with E-state index in [1.807, 2.05) is 12.1 Å². The predicted octanol–water partition coefficient (Wildman–Crippen LogP) is 4.74. The number of halogens is 3. The summed E-state index contributed by atoms with van der Waals surface area (Å²) in [5, 5.41) is 11.5. The Morgan fingerprint density at radius 3 is 2.73 bits per heavy atom. The second-order valence-electron chi connectivity index (χ2n) is 5.91. The smallest absolute Gasteiger partial charge is 0.325 e. The van der Waals surface area contributed by atoms with E-state index < -0.39 is 22.4 Å². The molecule has 0 saturated carbocycles. The molecule has 0 unspecified atom stereocenters. The molecule has 0 N–H and O–H groups in total. The lowest BCUT2D eigenvalue weighted by atomic mass is 10.1. The maximum Gasteiger partial charge on any atom is 0.416 e. The van der Waals surface area contributed by atoms with E-state index >= 15 is 0 Å². The summed E-state index contributed by atoms with van der Waals surface area (Å²) in [4.78, 5) is 17.9. The molecule has 9 heteroatoms. The Labute approximate surface area is 150 Å². The molecule has 2 aliphatic rings. The van der Waals surface area contributed by atoms with Gasteiger partial charge < -0.3 is 4.90 Å². The van der Waals surface area contributed by atoms with Gasteiger partial charge in [0, 0.05) is 29.6 Å². The number of amidine groups is 1. The minimum Gasteiger partial charge on any atom is -0.325 e. The molecule has 2 aromatic carbocycles. The van der Waals surface area contributed by atoms with Crippen LogP contribution in [0.5, 0.6) is 0 Å². The second-order valence-corrected chi connectivity index (χ2v) is 6.96. The molecule has 0 bridgehead atoms. The van der Waals surface area contributed by atoms with Crippen molar-refractivity contribution in [1.29, 1.82) is 0 Å². The Bertz CT molecular complexity index is 943. The Morgan fingerprint density at radius 1 is 1.23 bits per heavy atom. The first-order valence-electron chi connectivity index (χ1n) is 7.85. The van der Waals surface area contributed by atoms with Gasteiger partial charge in [-0.3, -0.25) is 15.1 Å². The topological polar surface area (TPSA) is 58.7 Å². The zero-order chi connectivity index (χ0) is 18.5. The van der Waals surface area contributed by atoms with Gasteiger partial charge in [0.1, 0.15) is 10.7 Å². The monoisotopic (exact) mass is 379 g/mol. The van der Waals surface area contributed by atoms with Gasteiger partial charge >= 0.3 is 6.18 Å². The van der Waals surface area contributed by atoms with Crippen LogP contribution in [0.4, 0.5) is 24.5 Å². The highest BCUT2D eigenvalue weighted by molar-refractivity contribution is 7.99. The average molecular weight is 379 g/mol. The number of aliphatic imine (C=N–C) groups is 1. The van der Waals surface area contributed by atoms with Gasteiger partial charge in [0.2, 0.25) is 0 Å². The number of nitro groups is 1. The number of rotatable bonds is 1. The lowest BCUT2D eigenvalue weighted by Crippen LogP contribution is -2.36. The van der Waals surface area contributed by atoms with E-state index in [-0.39, 0.29) is 10.6 Å². The lowest BCUT2D eigenvalue weighted by molar-refractivity contribution is -0.387. The summed E-state index contributed by atoms with van der Waals surface area (Å²) >= 11 is 1.11. The van der Waals surface area contributed by atoms with Gasteiger partial charge in [-0.05, 0) is 18.6 Å². The highest BCUT2D eigenvalue weighted by atomic mass is 32.2. The van der Waals surface area contributed by atoms with Crippen molar-refractivity contribution in [2.24, 2.45) is 4.99 Å². The van der Waals surface area contributed by atoms with Crippen molar-refractivity contribution in [3.05, 3.63) is 57.6 Å². The second kappa shape index (κ2) is 6.01. The Morgan fingerprint density at radius 2 is 2.00 bits per heavy atom. The number of hydrogen-bond donors (Lipinski definition) is 0. The molecule has 2 aromatic rings. The fourth-order valence-corrected chi connectivity index (χ4v) is 4.27. The van der Waals surface area contributed by atoms with Crippen LogP contribution < -0.4 is 4.90 Å². The normalized spacial score (nSPS) is 16.1. The maximum absolute atomic E-state index is 13.3. The molecule has 0 fully saturated rings. The average Bonchev–Trinajstić information content (AvgIpc) is 2.75. The van der Waals surface area contributed by atoms with Gasteiger partial charge in [-0.2, -0.15) is 13.2 Å². The molecular weight excluding hydrogens is 367 g/mol. The third kappa shape index (κ3) is 2.72.